The van der Waals surface area contributed by atoms with Gasteiger partial charge in [-0.25, -0.2) is 5.01 Å². The lowest BCUT2D eigenvalue weighted by Gasteiger charge is -2.33. The van der Waals surface area contributed by atoms with Crippen LogP contribution in [0, 0.1) is 24.8 Å². The van der Waals surface area contributed by atoms with Gasteiger partial charge in [-0.1, -0.05) is 25.1 Å². The summed E-state index contributed by atoms with van der Waals surface area (Å²) in [5, 5.41) is 13.3. The summed E-state index contributed by atoms with van der Waals surface area (Å²) < 4.78 is 0. The minimum absolute atomic E-state index is 0.0483. The zero-order chi connectivity index (χ0) is 25.3. The molecule has 4 rings (SSSR count). The number of H-pyrrole nitrogens is 1. The number of carbonyl (C=O) groups excluding carboxylic acids is 1. The number of likely N-dealkylation sites (tertiary alicyclic amines) is 1. The van der Waals surface area contributed by atoms with E-state index in [0.717, 1.165) is 34.8 Å². The maximum Gasteiger partial charge on any atom is 0.244 e. The zero-order valence-electron chi connectivity index (χ0n) is 21.3. The van der Waals surface area contributed by atoms with Gasteiger partial charge >= 0.3 is 0 Å². The number of hydrogen-bond donors (Lipinski definition) is 3. The van der Waals surface area contributed by atoms with E-state index in [1.807, 2.05) is 18.7 Å². The summed E-state index contributed by atoms with van der Waals surface area (Å²) in [4.78, 5) is 22.7. The highest BCUT2D eigenvalue weighted by molar-refractivity contribution is 5.92. The first kappa shape index (κ1) is 24.6. The first-order chi connectivity index (χ1) is 16.7. The highest BCUT2D eigenvalue weighted by Crippen LogP contribution is 2.38. The van der Waals surface area contributed by atoms with Gasteiger partial charge in [0.1, 0.15) is 12.4 Å². The molecule has 3 aromatic rings. The van der Waals surface area contributed by atoms with Gasteiger partial charge in [-0.3, -0.25) is 15.2 Å². The monoisotopic (exact) mass is 473 g/mol. The molecule has 35 heavy (non-hydrogen) atoms. The smallest absolute Gasteiger partial charge is 0.244 e. The van der Waals surface area contributed by atoms with Crippen LogP contribution < -0.4 is 0 Å². The molecule has 1 aliphatic rings. The highest BCUT2D eigenvalue weighted by atomic mass is 16.2. The molecule has 3 N–H and O–H groups in total. The predicted octanol–water partition coefficient (Wildman–Crippen LogP) is 5.92. The van der Waals surface area contributed by atoms with E-state index in [9.17, 15) is 4.79 Å². The molecular formula is C27H35N7O. The number of fused-ring (bicyclic) bond motifs is 1. The van der Waals surface area contributed by atoms with Crippen LogP contribution in [0.3, 0.4) is 0 Å². The number of aromatic nitrogens is 2. The van der Waals surface area contributed by atoms with Gasteiger partial charge in [-0.2, -0.15) is 5.53 Å². The van der Waals surface area contributed by atoms with Gasteiger partial charge in [-0.15, -0.1) is 0 Å². The molecule has 8 heteroatoms. The summed E-state index contributed by atoms with van der Waals surface area (Å²) in [6.45, 7) is 11.4. The van der Waals surface area contributed by atoms with Crippen molar-refractivity contribution in [3.05, 3.63) is 52.8 Å². The molecule has 0 saturated carbocycles. The fraction of sp³-hybridized carbons (Fsp3) is 0.444. The molecule has 1 saturated heterocycles. The van der Waals surface area contributed by atoms with Crippen LogP contribution in [0.15, 0.2) is 35.6 Å². The lowest BCUT2D eigenvalue weighted by Crippen LogP contribution is -2.43. The van der Waals surface area contributed by atoms with Crippen LogP contribution in [0.4, 0.5) is 0 Å². The average molecular weight is 474 g/mol. The molecule has 0 atom stereocenters. The van der Waals surface area contributed by atoms with Crippen molar-refractivity contribution < 1.29 is 4.79 Å². The molecule has 0 aliphatic carbocycles. The van der Waals surface area contributed by atoms with Crippen LogP contribution in [0.25, 0.3) is 22.2 Å². The van der Waals surface area contributed by atoms with Crippen LogP contribution in [0.2, 0.25) is 0 Å². The number of nitrogens with zero attached hydrogens (tertiary/aromatic N) is 4. The number of rotatable bonds is 6. The average Bonchev–Trinajstić information content (AvgIpc) is 3.21. The Kier molecular flexibility index (Phi) is 7.00. The van der Waals surface area contributed by atoms with E-state index in [-0.39, 0.29) is 18.3 Å². The van der Waals surface area contributed by atoms with Crippen LogP contribution >= 0.6 is 0 Å². The largest absolute Gasteiger partial charge is 0.354 e. The molecule has 8 nitrogen and oxygen atoms in total. The molecular weight excluding hydrogens is 438 g/mol. The molecule has 184 valence electrons. The van der Waals surface area contributed by atoms with E-state index >= 15 is 0 Å². The number of piperidine rings is 1. The van der Waals surface area contributed by atoms with Crippen molar-refractivity contribution in [1.82, 2.24) is 19.9 Å². The van der Waals surface area contributed by atoms with Gasteiger partial charge < -0.3 is 9.88 Å². The van der Waals surface area contributed by atoms with Crippen LogP contribution in [0.1, 0.15) is 68.0 Å². The van der Waals surface area contributed by atoms with Gasteiger partial charge in [0.05, 0.1) is 5.69 Å². The minimum Gasteiger partial charge on any atom is -0.354 e. The summed E-state index contributed by atoms with van der Waals surface area (Å²) in [5.41, 5.74) is 15.4. The number of hydrogen-bond acceptors (Lipinski definition) is 5. The molecule has 3 heterocycles. The minimum atomic E-state index is -0.0817. The van der Waals surface area contributed by atoms with Crippen molar-refractivity contribution in [1.29, 1.82) is 10.9 Å². The maximum atomic E-state index is 12.6. The third kappa shape index (κ3) is 5.11. The predicted molar refractivity (Wildman–Crippen MR) is 139 cm³/mol. The van der Waals surface area contributed by atoms with E-state index in [0.29, 0.717) is 24.9 Å². The van der Waals surface area contributed by atoms with E-state index in [2.05, 4.69) is 59.4 Å². The van der Waals surface area contributed by atoms with Crippen molar-refractivity contribution in [2.75, 3.05) is 19.6 Å². The SMILES string of the molecule is CC(=N)N(CC(=O)N1CCC(c2ccc3[nH]c(-c4cc(C)nc(C)c4)c(C(C)C)c3c2)CC1)N=N. The number of pyridine rings is 1. The zero-order valence-corrected chi connectivity index (χ0v) is 21.3. The molecule has 0 spiro atoms. The third-order valence-corrected chi connectivity index (χ3v) is 6.92. The number of amidine groups is 1. The Hall–Kier alpha value is -3.55. The van der Waals surface area contributed by atoms with Crippen LogP contribution in [-0.4, -0.2) is 51.3 Å². The second kappa shape index (κ2) is 9.98. The molecule has 1 fully saturated rings. The number of aryl methyl sites for hydroxylation is 2. The summed E-state index contributed by atoms with van der Waals surface area (Å²) >= 11 is 0. The van der Waals surface area contributed by atoms with Crippen LogP contribution in [0.5, 0.6) is 0 Å². The number of nitrogens with one attached hydrogen (secondary N) is 3. The van der Waals surface area contributed by atoms with E-state index in [1.54, 1.807) is 0 Å². The first-order valence-electron chi connectivity index (χ1n) is 12.3. The summed E-state index contributed by atoms with van der Waals surface area (Å²) in [6, 6.07) is 11.0. The summed E-state index contributed by atoms with van der Waals surface area (Å²) in [5.74, 6) is 0.779. The summed E-state index contributed by atoms with van der Waals surface area (Å²) in [7, 11) is 0. The Bertz CT molecular complexity index is 1250. The number of benzene rings is 1. The Morgan fingerprint density at radius 1 is 1.20 bits per heavy atom. The molecule has 0 radical (unpaired) electrons. The molecule has 0 bridgehead atoms. The molecule has 1 amide bonds. The fourth-order valence-electron chi connectivity index (χ4n) is 5.21. The standard InChI is InChI=1S/C27H35N7O/c1-16(2)26-23-14-21(6-7-24(23)31-27(26)22-12-17(3)30-18(4)13-22)20-8-10-33(11-9-20)25(35)15-34(32-29)19(5)28/h6-7,12-14,16,20,28-29,31H,8-11,15H2,1-5H3. The Morgan fingerprint density at radius 2 is 1.86 bits per heavy atom. The van der Waals surface area contributed by atoms with Crippen molar-refractivity contribution >= 4 is 22.6 Å². The van der Waals surface area contributed by atoms with Gasteiger partial charge in [0.25, 0.3) is 0 Å². The van der Waals surface area contributed by atoms with Gasteiger partial charge in [0.15, 0.2) is 0 Å². The van der Waals surface area contributed by atoms with Crippen LogP contribution in [-0.2, 0) is 4.79 Å². The Labute approximate surface area is 206 Å². The summed E-state index contributed by atoms with van der Waals surface area (Å²) in [6.07, 6.45) is 1.80. The van der Waals surface area contributed by atoms with Gasteiger partial charge in [-0.05, 0) is 80.8 Å². The van der Waals surface area contributed by atoms with Gasteiger partial charge in [0.2, 0.25) is 5.91 Å². The van der Waals surface area contributed by atoms with Crippen molar-refractivity contribution in [2.45, 2.75) is 59.3 Å². The van der Waals surface area contributed by atoms with Crippen molar-refractivity contribution in [3.63, 3.8) is 0 Å². The van der Waals surface area contributed by atoms with E-state index in [4.69, 9.17) is 10.9 Å². The molecule has 1 aliphatic heterocycles. The number of amides is 1. The number of carbonyl (C=O) groups is 1. The Balaban J connectivity index is 1.56. The topological polar surface area (TPSA) is 112 Å². The molecule has 1 aromatic carbocycles. The first-order valence-corrected chi connectivity index (χ1v) is 12.3. The van der Waals surface area contributed by atoms with Crippen molar-refractivity contribution in [2.24, 2.45) is 5.22 Å². The molecule has 2 aromatic heterocycles. The lowest BCUT2D eigenvalue weighted by molar-refractivity contribution is -0.132. The van der Waals surface area contributed by atoms with E-state index in [1.165, 1.54) is 34.7 Å². The number of aromatic amines is 1. The van der Waals surface area contributed by atoms with Crippen molar-refractivity contribution in [3.8, 4) is 11.3 Å². The Morgan fingerprint density at radius 3 is 2.43 bits per heavy atom. The lowest BCUT2D eigenvalue weighted by atomic mass is 9.87. The van der Waals surface area contributed by atoms with E-state index < -0.39 is 0 Å². The quantitative estimate of drug-likeness (QED) is 0.179. The second-order valence-corrected chi connectivity index (χ2v) is 9.91. The third-order valence-electron chi connectivity index (χ3n) is 6.92. The second-order valence-electron chi connectivity index (χ2n) is 9.91. The fourth-order valence-corrected chi connectivity index (χ4v) is 5.21. The van der Waals surface area contributed by atoms with Gasteiger partial charge in [0, 0.05) is 40.9 Å². The molecule has 0 unspecified atom stereocenters. The highest BCUT2D eigenvalue weighted by Gasteiger charge is 2.26. The normalized spacial score (nSPS) is 14.5. The maximum absolute atomic E-state index is 12.6.